The number of carbonyl (C=O) groups excluding carboxylic acids is 1. The first-order valence-electron chi connectivity index (χ1n) is 7.79. The van der Waals surface area contributed by atoms with Crippen molar-refractivity contribution < 1.29 is 14.6 Å². The van der Waals surface area contributed by atoms with E-state index in [9.17, 15) is 9.90 Å². The van der Waals surface area contributed by atoms with Crippen LogP contribution in [0.3, 0.4) is 0 Å². The topological polar surface area (TPSA) is 46.5 Å². The van der Waals surface area contributed by atoms with Crippen LogP contribution in [0.2, 0.25) is 0 Å². The van der Waals surface area contributed by atoms with E-state index >= 15 is 0 Å². The minimum atomic E-state index is -1.04. The van der Waals surface area contributed by atoms with E-state index in [0.717, 1.165) is 24.0 Å². The van der Waals surface area contributed by atoms with Gasteiger partial charge in [0.25, 0.3) is 0 Å². The summed E-state index contributed by atoms with van der Waals surface area (Å²) in [5, 5.41) is 11.3. The van der Waals surface area contributed by atoms with E-state index in [1.165, 1.54) is 0 Å². The molecule has 116 valence electrons. The standard InChI is InChI=1S/C17H30O3/c1-7-20-16(18)15(12(4)5)17(19)10-13(6)8-9-14(17)11(2)3/h12-13,15,19H,7-10H2,1-6H3. The lowest BCUT2D eigenvalue weighted by molar-refractivity contribution is -0.161. The van der Waals surface area contributed by atoms with Crippen LogP contribution in [0.4, 0.5) is 0 Å². The number of rotatable bonds is 4. The summed E-state index contributed by atoms with van der Waals surface area (Å²) in [7, 11) is 0. The molecule has 3 atom stereocenters. The second-order valence-corrected chi connectivity index (χ2v) is 6.72. The molecule has 0 radical (unpaired) electrons. The third-order valence-corrected chi connectivity index (χ3v) is 4.39. The molecule has 1 fully saturated rings. The molecule has 0 amide bonds. The third kappa shape index (κ3) is 3.43. The fraction of sp³-hybridized carbons (Fsp3) is 0.824. The van der Waals surface area contributed by atoms with Crippen molar-refractivity contribution in [3.05, 3.63) is 11.1 Å². The van der Waals surface area contributed by atoms with Crippen molar-refractivity contribution in [3.63, 3.8) is 0 Å². The summed E-state index contributed by atoms with van der Waals surface area (Å²) in [6.07, 6.45) is 2.61. The van der Waals surface area contributed by atoms with Crippen LogP contribution in [0.1, 0.15) is 60.8 Å². The summed E-state index contributed by atoms with van der Waals surface area (Å²) < 4.78 is 5.23. The number of carbonyl (C=O) groups is 1. The Bertz CT molecular complexity index is 380. The van der Waals surface area contributed by atoms with Crippen LogP contribution in [0.5, 0.6) is 0 Å². The molecule has 0 aromatic heterocycles. The summed E-state index contributed by atoms with van der Waals surface area (Å²) in [4.78, 5) is 12.4. The van der Waals surface area contributed by atoms with Crippen molar-refractivity contribution >= 4 is 5.97 Å². The maximum absolute atomic E-state index is 12.4. The van der Waals surface area contributed by atoms with Crippen molar-refractivity contribution in [1.82, 2.24) is 0 Å². The first-order valence-corrected chi connectivity index (χ1v) is 7.79. The third-order valence-electron chi connectivity index (χ3n) is 4.39. The molecule has 3 unspecified atom stereocenters. The van der Waals surface area contributed by atoms with Gasteiger partial charge in [0.1, 0.15) is 0 Å². The SMILES string of the molecule is CCOC(=O)C(C(C)C)C1(O)CC(C)CCC1=C(C)C. The van der Waals surface area contributed by atoms with Crippen molar-refractivity contribution in [3.8, 4) is 0 Å². The van der Waals surface area contributed by atoms with Crippen LogP contribution >= 0.6 is 0 Å². The molecule has 3 nitrogen and oxygen atoms in total. The minimum absolute atomic E-state index is 0.0544. The van der Waals surface area contributed by atoms with Crippen molar-refractivity contribution in [2.75, 3.05) is 6.61 Å². The Kier molecular flexibility index (Phi) is 5.81. The average Bonchev–Trinajstić information content (AvgIpc) is 2.27. The van der Waals surface area contributed by atoms with Gasteiger partial charge in [-0.3, -0.25) is 4.79 Å². The van der Waals surface area contributed by atoms with Gasteiger partial charge in [0.05, 0.1) is 18.1 Å². The van der Waals surface area contributed by atoms with Crippen molar-refractivity contribution in [1.29, 1.82) is 0 Å². The molecule has 20 heavy (non-hydrogen) atoms. The van der Waals surface area contributed by atoms with Gasteiger partial charge in [-0.2, -0.15) is 0 Å². The summed E-state index contributed by atoms with van der Waals surface area (Å²) >= 11 is 0. The van der Waals surface area contributed by atoms with Crippen LogP contribution in [0.25, 0.3) is 0 Å². The predicted molar refractivity (Wildman–Crippen MR) is 81.3 cm³/mol. The highest BCUT2D eigenvalue weighted by Crippen LogP contribution is 2.45. The Labute approximate surface area is 123 Å². The molecule has 1 rings (SSSR count). The Balaban J connectivity index is 3.23. The Hall–Kier alpha value is -0.830. The van der Waals surface area contributed by atoms with Gasteiger partial charge >= 0.3 is 5.97 Å². The van der Waals surface area contributed by atoms with E-state index in [1.807, 2.05) is 34.6 Å². The summed E-state index contributed by atoms with van der Waals surface area (Å²) in [5.74, 6) is -0.259. The molecule has 1 aliphatic carbocycles. The molecule has 0 aromatic carbocycles. The average molecular weight is 282 g/mol. The van der Waals surface area contributed by atoms with Gasteiger partial charge in [-0.1, -0.05) is 26.3 Å². The molecule has 1 saturated carbocycles. The second kappa shape index (κ2) is 6.75. The van der Waals surface area contributed by atoms with Crippen LogP contribution in [-0.2, 0) is 9.53 Å². The van der Waals surface area contributed by atoms with Crippen molar-refractivity contribution in [2.24, 2.45) is 17.8 Å². The number of hydrogen-bond acceptors (Lipinski definition) is 3. The molecule has 0 saturated heterocycles. The number of ether oxygens (including phenoxy) is 1. The first kappa shape index (κ1) is 17.2. The zero-order chi connectivity index (χ0) is 15.5. The maximum atomic E-state index is 12.4. The summed E-state index contributed by atoms with van der Waals surface area (Å²) in [6, 6.07) is 0. The maximum Gasteiger partial charge on any atom is 0.312 e. The lowest BCUT2D eigenvalue weighted by Crippen LogP contribution is -2.50. The van der Waals surface area contributed by atoms with Crippen LogP contribution in [0.15, 0.2) is 11.1 Å². The van der Waals surface area contributed by atoms with E-state index in [1.54, 1.807) is 0 Å². The van der Waals surface area contributed by atoms with E-state index < -0.39 is 11.5 Å². The zero-order valence-corrected chi connectivity index (χ0v) is 13.8. The fourth-order valence-corrected chi connectivity index (χ4v) is 3.61. The summed E-state index contributed by atoms with van der Waals surface area (Å²) in [5.41, 5.74) is 1.13. The lowest BCUT2D eigenvalue weighted by Gasteiger charge is -2.44. The van der Waals surface area contributed by atoms with Gasteiger partial charge in [0, 0.05) is 0 Å². The molecular formula is C17H30O3. The molecule has 1 N–H and O–H groups in total. The molecular weight excluding hydrogens is 252 g/mol. The Morgan fingerprint density at radius 2 is 2.05 bits per heavy atom. The lowest BCUT2D eigenvalue weighted by atomic mass is 9.64. The quantitative estimate of drug-likeness (QED) is 0.631. The largest absolute Gasteiger partial charge is 0.466 e. The van der Waals surface area contributed by atoms with E-state index in [2.05, 4.69) is 6.92 Å². The highest BCUT2D eigenvalue weighted by atomic mass is 16.5. The monoisotopic (exact) mass is 282 g/mol. The molecule has 0 heterocycles. The van der Waals surface area contributed by atoms with Gasteiger partial charge in [-0.15, -0.1) is 0 Å². The number of aliphatic hydroxyl groups is 1. The highest BCUT2D eigenvalue weighted by molar-refractivity contribution is 5.75. The molecule has 0 aliphatic heterocycles. The molecule has 1 aliphatic rings. The first-order chi connectivity index (χ1) is 9.24. The van der Waals surface area contributed by atoms with Gasteiger partial charge in [0.2, 0.25) is 0 Å². The van der Waals surface area contributed by atoms with Crippen molar-refractivity contribution in [2.45, 2.75) is 66.4 Å². The molecule has 0 spiro atoms. The van der Waals surface area contributed by atoms with Gasteiger partial charge in [0.15, 0.2) is 0 Å². The summed E-state index contributed by atoms with van der Waals surface area (Å²) in [6.45, 7) is 12.3. The van der Waals surface area contributed by atoms with E-state index in [4.69, 9.17) is 4.74 Å². The number of esters is 1. The second-order valence-electron chi connectivity index (χ2n) is 6.72. The van der Waals surface area contributed by atoms with E-state index in [-0.39, 0.29) is 11.9 Å². The van der Waals surface area contributed by atoms with Gasteiger partial charge in [-0.05, 0) is 57.4 Å². The van der Waals surface area contributed by atoms with Gasteiger partial charge < -0.3 is 9.84 Å². The smallest absolute Gasteiger partial charge is 0.312 e. The Morgan fingerprint density at radius 1 is 1.45 bits per heavy atom. The zero-order valence-electron chi connectivity index (χ0n) is 13.8. The van der Waals surface area contributed by atoms with E-state index in [0.29, 0.717) is 18.9 Å². The molecule has 3 heteroatoms. The molecule has 0 bridgehead atoms. The minimum Gasteiger partial charge on any atom is -0.466 e. The van der Waals surface area contributed by atoms with Crippen LogP contribution in [-0.4, -0.2) is 23.3 Å². The van der Waals surface area contributed by atoms with Crippen LogP contribution in [0, 0.1) is 17.8 Å². The number of allylic oxidation sites excluding steroid dienone is 1. The van der Waals surface area contributed by atoms with Gasteiger partial charge in [-0.25, -0.2) is 0 Å². The normalized spacial score (nSPS) is 28.4. The van der Waals surface area contributed by atoms with Crippen LogP contribution < -0.4 is 0 Å². The Morgan fingerprint density at radius 3 is 2.50 bits per heavy atom. The fourth-order valence-electron chi connectivity index (χ4n) is 3.61. The number of hydrogen-bond donors (Lipinski definition) is 1. The predicted octanol–water partition coefficient (Wildman–Crippen LogP) is 3.71. The highest BCUT2D eigenvalue weighted by Gasteiger charge is 2.49. The molecule has 0 aromatic rings.